The smallest absolute Gasteiger partial charge is 0.303 e. The van der Waals surface area contributed by atoms with Crippen LogP contribution in [0.2, 0.25) is 0 Å². The van der Waals surface area contributed by atoms with Crippen LogP contribution in [-0.4, -0.2) is 26.8 Å². The van der Waals surface area contributed by atoms with Crippen LogP contribution in [0.15, 0.2) is 42.7 Å². The van der Waals surface area contributed by atoms with E-state index in [0.717, 1.165) is 11.3 Å². The summed E-state index contributed by atoms with van der Waals surface area (Å²) in [7, 11) is 0. The summed E-state index contributed by atoms with van der Waals surface area (Å²) in [4.78, 5) is 22.2. The van der Waals surface area contributed by atoms with Crippen molar-refractivity contribution >= 4 is 11.9 Å². The van der Waals surface area contributed by atoms with Crippen LogP contribution in [0.1, 0.15) is 31.2 Å². The quantitative estimate of drug-likeness (QED) is 0.732. The van der Waals surface area contributed by atoms with E-state index in [9.17, 15) is 9.59 Å². The van der Waals surface area contributed by atoms with Gasteiger partial charge < -0.3 is 10.4 Å². The van der Waals surface area contributed by atoms with Crippen LogP contribution < -0.4 is 5.32 Å². The Morgan fingerprint density at radius 2 is 1.91 bits per heavy atom. The Hall–Kier alpha value is -2.63. The molecule has 1 heterocycles. The number of unbranched alkanes of at least 4 members (excludes halogenated alkanes) is 1. The number of carbonyl (C=O) groups is 2. The lowest BCUT2D eigenvalue weighted by atomic mass is 10.1. The lowest BCUT2D eigenvalue weighted by molar-refractivity contribution is -0.137. The summed E-state index contributed by atoms with van der Waals surface area (Å²) in [5.41, 5.74) is 1.91. The van der Waals surface area contributed by atoms with Gasteiger partial charge >= 0.3 is 5.97 Å². The average Bonchev–Trinajstić information content (AvgIpc) is 3.04. The van der Waals surface area contributed by atoms with Crippen LogP contribution in [0.4, 0.5) is 0 Å². The molecular formula is C16H19N3O3. The molecule has 0 radical (unpaired) electrons. The van der Waals surface area contributed by atoms with Crippen LogP contribution in [0.25, 0.3) is 5.69 Å². The number of amides is 1. The third-order valence-corrected chi connectivity index (χ3v) is 3.26. The zero-order chi connectivity index (χ0) is 15.8. The molecule has 0 atom stereocenters. The summed E-state index contributed by atoms with van der Waals surface area (Å²) in [6.07, 6.45) is 5.11. The number of aromatic nitrogens is 2. The van der Waals surface area contributed by atoms with Gasteiger partial charge in [-0.05, 0) is 30.5 Å². The molecule has 0 aliphatic heterocycles. The maximum Gasteiger partial charge on any atom is 0.303 e. The Bertz CT molecular complexity index is 623. The van der Waals surface area contributed by atoms with Crippen molar-refractivity contribution in [2.75, 3.05) is 0 Å². The fourth-order valence-electron chi connectivity index (χ4n) is 2.14. The molecule has 0 spiro atoms. The summed E-state index contributed by atoms with van der Waals surface area (Å²) in [6, 6.07) is 9.58. The average molecular weight is 301 g/mol. The Morgan fingerprint density at radius 1 is 1.14 bits per heavy atom. The number of para-hydroxylation sites is 1. The van der Waals surface area contributed by atoms with Gasteiger partial charge in [-0.2, -0.15) is 5.10 Å². The number of benzene rings is 1. The molecule has 0 saturated carbocycles. The van der Waals surface area contributed by atoms with Crippen LogP contribution in [0.5, 0.6) is 0 Å². The highest BCUT2D eigenvalue weighted by molar-refractivity contribution is 5.76. The van der Waals surface area contributed by atoms with E-state index in [1.165, 1.54) is 0 Å². The van der Waals surface area contributed by atoms with Crippen molar-refractivity contribution < 1.29 is 14.7 Å². The fourth-order valence-corrected chi connectivity index (χ4v) is 2.14. The predicted octanol–water partition coefficient (Wildman–Crippen LogP) is 2.13. The highest BCUT2D eigenvalue weighted by atomic mass is 16.4. The number of aliphatic carboxylic acids is 1. The van der Waals surface area contributed by atoms with E-state index in [1.807, 2.05) is 36.5 Å². The van der Waals surface area contributed by atoms with Crippen molar-refractivity contribution in [3.05, 3.63) is 48.3 Å². The normalized spacial score (nSPS) is 10.4. The number of carbonyl (C=O) groups excluding carboxylic acids is 1. The number of nitrogens with zero attached hydrogens (tertiary/aromatic N) is 2. The Balaban J connectivity index is 1.84. The molecule has 1 aromatic heterocycles. The van der Waals surface area contributed by atoms with Gasteiger partial charge in [0.05, 0.1) is 5.69 Å². The number of carboxylic acids is 1. The molecule has 0 aliphatic carbocycles. The lowest BCUT2D eigenvalue weighted by Gasteiger charge is -2.10. The largest absolute Gasteiger partial charge is 0.481 e. The van der Waals surface area contributed by atoms with Crippen molar-refractivity contribution in [2.24, 2.45) is 0 Å². The van der Waals surface area contributed by atoms with Crippen LogP contribution in [0, 0.1) is 0 Å². The topological polar surface area (TPSA) is 84.2 Å². The first kappa shape index (κ1) is 15.8. The van der Waals surface area contributed by atoms with E-state index in [2.05, 4.69) is 10.4 Å². The fraction of sp³-hybridized carbons (Fsp3) is 0.312. The monoisotopic (exact) mass is 301 g/mol. The first-order chi connectivity index (χ1) is 10.7. The van der Waals surface area contributed by atoms with Crippen molar-refractivity contribution in [1.29, 1.82) is 0 Å². The summed E-state index contributed by atoms with van der Waals surface area (Å²) >= 11 is 0. The minimum Gasteiger partial charge on any atom is -0.481 e. The molecular weight excluding hydrogens is 282 g/mol. The molecule has 2 rings (SSSR count). The van der Waals surface area contributed by atoms with Crippen molar-refractivity contribution in [3.63, 3.8) is 0 Å². The molecule has 22 heavy (non-hydrogen) atoms. The molecule has 0 aliphatic rings. The van der Waals surface area contributed by atoms with Gasteiger partial charge in [-0.15, -0.1) is 0 Å². The van der Waals surface area contributed by atoms with E-state index in [1.54, 1.807) is 10.9 Å². The highest BCUT2D eigenvalue weighted by Crippen LogP contribution is 2.13. The summed E-state index contributed by atoms with van der Waals surface area (Å²) < 4.78 is 1.76. The third-order valence-electron chi connectivity index (χ3n) is 3.26. The summed E-state index contributed by atoms with van der Waals surface area (Å²) in [5.74, 6) is -0.894. The van der Waals surface area contributed by atoms with Gasteiger partial charge in [-0.3, -0.25) is 9.59 Å². The number of hydrogen-bond donors (Lipinski definition) is 2. The van der Waals surface area contributed by atoms with Gasteiger partial charge in [0.1, 0.15) is 0 Å². The second kappa shape index (κ2) is 7.97. The number of nitrogens with one attached hydrogen (secondary N) is 1. The maximum atomic E-state index is 11.8. The standard InChI is InChI=1S/C16H19N3O3/c20-15(8-3-4-9-16(21)22)17-12-13-6-1-2-7-14(13)19-11-5-10-18-19/h1-2,5-7,10-11H,3-4,8-9,12H2,(H,17,20)(H,21,22). The molecule has 0 unspecified atom stereocenters. The molecule has 6 nitrogen and oxygen atoms in total. The van der Waals surface area contributed by atoms with Gasteiger partial charge in [-0.1, -0.05) is 18.2 Å². The van der Waals surface area contributed by atoms with Gasteiger partial charge in [0.25, 0.3) is 0 Å². The van der Waals surface area contributed by atoms with E-state index in [0.29, 0.717) is 25.8 Å². The van der Waals surface area contributed by atoms with E-state index in [-0.39, 0.29) is 12.3 Å². The Morgan fingerprint density at radius 3 is 2.64 bits per heavy atom. The minimum absolute atomic E-state index is 0.0688. The summed E-state index contributed by atoms with van der Waals surface area (Å²) in [5, 5.41) is 15.6. The first-order valence-electron chi connectivity index (χ1n) is 7.23. The first-order valence-corrected chi connectivity index (χ1v) is 7.23. The molecule has 0 bridgehead atoms. The van der Waals surface area contributed by atoms with Gasteiger partial charge in [-0.25, -0.2) is 4.68 Å². The highest BCUT2D eigenvalue weighted by Gasteiger charge is 2.07. The second-order valence-electron chi connectivity index (χ2n) is 4.96. The maximum absolute atomic E-state index is 11.8. The van der Waals surface area contributed by atoms with Crippen LogP contribution in [0.3, 0.4) is 0 Å². The van der Waals surface area contributed by atoms with Crippen molar-refractivity contribution in [2.45, 2.75) is 32.2 Å². The Kier molecular flexibility index (Phi) is 5.71. The lowest BCUT2D eigenvalue weighted by Crippen LogP contribution is -2.23. The minimum atomic E-state index is -0.825. The molecule has 1 amide bonds. The van der Waals surface area contributed by atoms with Gasteiger partial charge in [0, 0.05) is 31.8 Å². The predicted molar refractivity (Wildman–Crippen MR) is 81.5 cm³/mol. The second-order valence-corrected chi connectivity index (χ2v) is 4.96. The van der Waals surface area contributed by atoms with Crippen molar-refractivity contribution in [3.8, 4) is 5.69 Å². The van der Waals surface area contributed by atoms with E-state index >= 15 is 0 Å². The van der Waals surface area contributed by atoms with Crippen LogP contribution in [-0.2, 0) is 16.1 Å². The third kappa shape index (κ3) is 4.73. The van der Waals surface area contributed by atoms with Gasteiger partial charge in [0.15, 0.2) is 0 Å². The molecule has 2 N–H and O–H groups in total. The number of rotatable bonds is 8. The molecule has 6 heteroatoms. The van der Waals surface area contributed by atoms with Crippen LogP contribution >= 0.6 is 0 Å². The molecule has 116 valence electrons. The van der Waals surface area contributed by atoms with E-state index < -0.39 is 5.97 Å². The number of hydrogen-bond acceptors (Lipinski definition) is 3. The Labute approximate surface area is 128 Å². The van der Waals surface area contributed by atoms with Crippen molar-refractivity contribution in [1.82, 2.24) is 15.1 Å². The number of carboxylic acid groups (broad SMARTS) is 1. The summed E-state index contributed by atoms with van der Waals surface area (Å²) in [6.45, 7) is 0.424. The van der Waals surface area contributed by atoms with E-state index in [4.69, 9.17) is 5.11 Å². The molecule has 0 fully saturated rings. The molecule has 0 saturated heterocycles. The van der Waals surface area contributed by atoms with Gasteiger partial charge in [0.2, 0.25) is 5.91 Å². The molecule has 2 aromatic rings. The zero-order valence-electron chi connectivity index (χ0n) is 12.2. The molecule has 1 aromatic carbocycles. The SMILES string of the molecule is O=C(O)CCCCC(=O)NCc1ccccc1-n1cccn1. The zero-order valence-corrected chi connectivity index (χ0v) is 12.2.